The van der Waals surface area contributed by atoms with Gasteiger partial charge in [-0.05, 0) is 75.2 Å². The minimum Gasteiger partial charge on any atom is -0.460 e. The van der Waals surface area contributed by atoms with Crippen molar-refractivity contribution >= 4 is 5.97 Å². The predicted molar refractivity (Wildman–Crippen MR) is 128 cm³/mol. The highest BCUT2D eigenvalue weighted by Crippen LogP contribution is 2.46. The first-order valence-corrected chi connectivity index (χ1v) is 12.3. The van der Waals surface area contributed by atoms with E-state index in [-0.39, 0.29) is 47.6 Å². The summed E-state index contributed by atoms with van der Waals surface area (Å²) in [5.41, 5.74) is -1.29. The van der Waals surface area contributed by atoms with Gasteiger partial charge in [0, 0.05) is 25.0 Å². The Balaban J connectivity index is 3.09. The van der Waals surface area contributed by atoms with E-state index in [1.54, 1.807) is 0 Å². The molecule has 0 bridgehead atoms. The highest BCUT2D eigenvalue weighted by molar-refractivity contribution is 5.75. The van der Waals surface area contributed by atoms with Gasteiger partial charge in [-0.15, -0.1) is 0 Å². The third-order valence-electron chi connectivity index (χ3n) is 6.41. The van der Waals surface area contributed by atoms with Crippen molar-refractivity contribution in [3.63, 3.8) is 0 Å². The Morgan fingerprint density at radius 2 is 1.47 bits per heavy atom. The fraction of sp³-hybridized carbons (Fsp3) is 0.962. The Kier molecular flexibility index (Phi) is 10.7. The van der Waals surface area contributed by atoms with Crippen LogP contribution in [-0.4, -0.2) is 61.9 Å². The van der Waals surface area contributed by atoms with Crippen LogP contribution in [0.25, 0.3) is 0 Å². The number of carbonyl (C=O) groups excluding carboxylic acids is 1. The van der Waals surface area contributed by atoms with E-state index in [0.29, 0.717) is 26.4 Å². The molecule has 190 valence electrons. The molecule has 1 rings (SSSR count). The van der Waals surface area contributed by atoms with Gasteiger partial charge in [-0.1, -0.05) is 13.8 Å². The molecular formula is C26H50O6. The van der Waals surface area contributed by atoms with E-state index >= 15 is 0 Å². The molecule has 0 saturated carbocycles. The summed E-state index contributed by atoms with van der Waals surface area (Å²) in [6.45, 7) is 26.5. The molecule has 1 saturated heterocycles. The molecule has 0 spiro atoms. The molecule has 0 aromatic heterocycles. The number of ether oxygens (including phenoxy) is 5. The second kappa shape index (κ2) is 11.6. The number of rotatable bonds is 12. The van der Waals surface area contributed by atoms with Crippen molar-refractivity contribution in [2.75, 3.05) is 26.4 Å². The minimum absolute atomic E-state index is 0.0869. The van der Waals surface area contributed by atoms with Crippen LogP contribution in [0, 0.1) is 23.2 Å². The smallest absolute Gasteiger partial charge is 0.311 e. The van der Waals surface area contributed by atoms with Crippen molar-refractivity contribution in [3.05, 3.63) is 0 Å². The fourth-order valence-corrected chi connectivity index (χ4v) is 4.72. The second-order valence-corrected chi connectivity index (χ2v) is 11.5. The standard InChI is InChI=1S/C26H50O6/c1-13-30-25(9,10)19-16-29-22(20(19)26(11,12)31-14-2)21(17(3)4)28-15-18(5)32-23(27)24(6,7)8/h17-22H,13-16H2,1-12H3. The zero-order valence-electron chi connectivity index (χ0n) is 22.7. The van der Waals surface area contributed by atoms with E-state index in [2.05, 4.69) is 41.5 Å². The van der Waals surface area contributed by atoms with E-state index in [4.69, 9.17) is 23.7 Å². The van der Waals surface area contributed by atoms with Crippen molar-refractivity contribution < 1.29 is 28.5 Å². The molecule has 1 heterocycles. The number of esters is 1. The summed E-state index contributed by atoms with van der Waals surface area (Å²) < 4.78 is 30.8. The molecule has 0 aromatic carbocycles. The van der Waals surface area contributed by atoms with Crippen molar-refractivity contribution in [2.24, 2.45) is 23.2 Å². The number of hydrogen-bond donors (Lipinski definition) is 0. The quantitative estimate of drug-likeness (QED) is 0.371. The number of carbonyl (C=O) groups is 1. The average Bonchev–Trinajstić information content (AvgIpc) is 3.07. The van der Waals surface area contributed by atoms with Crippen LogP contribution in [0.3, 0.4) is 0 Å². The molecule has 0 aromatic rings. The summed E-state index contributed by atoms with van der Waals surface area (Å²) in [5.74, 6) is 0.249. The number of hydrogen-bond acceptors (Lipinski definition) is 6. The monoisotopic (exact) mass is 458 g/mol. The molecule has 0 N–H and O–H groups in total. The third-order valence-corrected chi connectivity index (χ3v) is 6.41. The summed E-state index contributed by atoms with van der Waals surface area (Å²) in [6, 6.07) is 0. The van der Waals surface area contributed by atoms with E-state index in [0.717, 1.165) is 0 Å². The van der Waals surface area contributed by atoms with Crippen LogP contribution >= 0.6 is 0 Å². The van der Waals surface area contributed by atoms with Gasteiger partial charge in [0.1, 0.15) is 6.10 Å². The highest BCUT2D eigenvalue weighted by atomic mass is 16.6. The Morgan fingerprint density at radius 3 is 1.94 bits per heavy atom. The Hall–Kier alpha value is -0.690. The van der Waals surface area contributed by atoms with E-state index in [9.17, 15) is 4.79 Å². The molecule has 1 aliphatic heterocycles. The zero-order chi connectivity index (χ0) is 24.9. The average molecular weight is 459 g/mol. The van der Waals surface area contributed by atoms with Gasteiger partial charge < -0.3 is 23.7 Å². The SMILES string of the molecule is CCOC(C)(C)C1COC(C(OCC(C)OC(=O)C(C)(C)C)C(C)C)C1C(C)(C)OCC. The van der Waals surface area contributed by atoms with Crippen molar-refractivity contribution in [1.82, 2.24) is 0 Å². The van der Waals surface area contributed by atoms with Crippen LogP contribution < -0.4 is 0 Å². The largest absolute Gasteiger partial charge is 0.460 e. The molecule has 1 aliphatic rings. The maximum atomic E-state index is 12.2. The first-order chi connectivity index (χ1) is 14.6. The summed E-state index contributed by atoms with van der Waals surface area (Å²) >= 11 is 0. The molecule has 6 nitrogen and oxygen atoms in total. The van der Waals surface area contributed by atoms with Crippen molar-refractivity contribution in [2.45, 2.75) is 113 Å². The zero-order valence-corrected chi connectivity index (χ0v) is 22.7. The third kappa shape index (κ3) is 7.68. The van der Waals surface area contributed by atoms with Crippen molar-refractivity contribution in [3.8, 4) is 0 Å². The van der Waals surface area contributed by atoms with Crippen LogP contribution in [0.1, 0.15) is 83.1 Å². The van der Waals surface area contributed by atoms with Gasteiger partial charge in [-0.3, -0.25) is 4.79 Å². The minimum atomic E-state index is -0.537. The van der Waals surface area contributed by atoms with Crippen LogP contribution in [0.4, 0.5) is 0 Å². The lowest BCUT2D eigenvalue weighted by Gasteiger charge is -2.44. The second-order valence-electron chi connectivity index (χ2n) is 11.5. The van der Waals surface area contributed by atoms with Gasteiger partial charge >= 0.3 is 5.97 Å². The predicted octanol–water partition coefficient (Wildman–Crippen LogP) is 5.27. The molecule has 0 amide bonds. The summed E-state index contributed by atoms with van der Waals surface area (Å²) in [7, 11) is 0. The molecule has 1 fully saturated rings. The van der Waals surface area contributed by atoms with Gasteiger partial charge in [0.15, 0.2) is 0 Å². The first kappa shape index (κ1) is 29.3. The van der Waals surface area contributed by atoms with Crippen molar-refractivity contribution in [1.29, 1.82) is 0 Å². The van der Waals surface area contributed by atoms with Gasteiger partial charge in [-0.25, -0.2) is 0 Å². The molecular weight excluding hydrogens is 408 g/mol. The fourth-order valence-electron chi connectivity index (χ4n) is 4.72. The summed E-state index contributed by atoms with van der Waals surface area (Å²) in [4.78, 5) is 12.2. The van der Waals surface area contributed by atoms with E-state index in [1.807, 2.05) is 41.5 Å². The van der Waals surface area contributed by atoms with Gasteiger partial charge in [-0.2, -0.15) is 0 Å². The Labute approximate surface area is 197 Å². The lowest BCUT2D eigenvalue weighted by Crippen LogP contribution is -2.53. The molecule has 32 heavy (non-hydrogen) atoms. The Morgan fingerprint density at radius 1 is 0.938 bits per heavy atom. The van der Waals surface area contributed by atoms with Crippen LogP contribution in [0.2, 0.25) is 0 Å². The highest BCUT2D eigenvalue weighted by Gasteiger charge is 2.55. The molecule has 5 unspecified atom stereocenters. The van der Waals surface area contributed by atoms with Crippen LogP contribution in [-0.2, 0) is 28.5 Å². The molecule has 6 heteroatoms. The van der Waals surface area contributed by atoms with Crippen LogP contribution in [0.5, 0.6) is 0 Å². The van der Waals surface area contributed by atoms with Gasteiger partial charge in [0.25, 0.3) is 0 Å². The Bertz CT molecular complexity index is 577. The van der Waals surface area contributed by atoms with Crippen LogP contribution in [0.15, 0.2) is 0 Å². The van der Waals surface area contributed by atoms with E-state index in [1.165, 1.54) is 0 Å². The maximum Gasteiger partial charge on any atom is 0.311 e. The first-order valence-electron chi connectivity index (χ1n) is 12.3. The summed E-state index contributed by atoms with van der Waals surface area (Å²) in [5, 5.41) is 0. The summed E-state index contributed by atoms with van der Waals surface area (Å²) in [6.07, 6.45) is -0.636. The normalized spacial score (nSPS) is 24.6. The van der Waals surface area contributed by atoms with E-state index < -0.39 is 11.0 Å². The molecule has 5 atom stereocenters. The van der Waals surface area contributed by atoms with Gasteiger partial charge in [0.05, 0.1) is 42.0 Å². The molecule has 0 radical (unpaired) electrons. The lowest BCUT2D eigenvalue weighted by molar-refractivity contribution is -0.169. The lowest BCUT2D eigenvalue weighted by atomic mass is 9.70. The maximum absolute atomic E-state index is 12.2. The molecule has 0 aliphatic carbocycles. The topological polar surface area (TPSA) is 63.2 Å². The van der Waals surface area contributed by atoms with Gasteiger partial charge in [0.2, 0.25) is 0 Å².